The van der Waals surface area contributed by atoms with Crippen molar-refractivity contribution in [3.63, 3.8) is 0 Å². The molecule has 0 bridgehead atoms. The lowest BCUT2D eigenvalue weighted by atomic mass is 10.4. The second kappa shape index (κ2) is 13.9. The van der Waals surface area contributed by atoms with Gasteiger partial charge in [-0.25, -0.2) is 0 Å². The summed E-state index contributed by atoms with van der Waals surface area (Å²) in [5, 5.41) is 6.24. The molecule has 7 heteroatoms. The molecule has 0 heterocycles. The topological polar surface area (TPSA) is 66.0 Å². The molecule has 0 radical (unpaired) electrons. The zero-order chi connectivity index (χ0) is 13.8. The van der Waals surface area contributed by atoms with Crippen LogP contribution in [0.3, 0.4) is 0 Å². The van der Waals surface area contributed by atoms with Gasteiger partial charge in [0.1, 0.15) is 0 Å². The molecule has 0 saturated carbocycles. The first-order valence-corrected chi connectivity index (χ1v) is 6.41. The van der Waals surface area contributed by atoms with Crippen molar-refractivity contribution in [1.82, 2.24) is 15.5 Å². The average Bonchev–Trinajstić information content (AvgIpc) is 2.34. The molecule has 114 valence electrons. The highest BCUT2D eigenvalue weighted by Gasteiger charge is 2.03. The highest BCUT2D eigenvalue weighted by atomic mass is 127. The van der Waals surface area contributed by atoms with E-state index in [0.717, 1.165) is 12.5 Å². The van der Waals surface area contributed by atoms with Crippen molar-refractivity contribution >= 4 is 35.8 Å². The highest BCUT2D eigenvalue weighted by Crippen LogP contribution is 1.85. The van der Waals surface area contributed by atoms with E-state index in [-0.39, 0.29) is 29.9 Å². The van der Waals surface area contributed by atoms with Crippen LogP contribution in [0.25, 0.3) is 0 Å². The van der Waals surface area contributed by atoms with Gasteiger partial charge < -0.3 is 20.3 Å². The summed E-state index contributed by atoms with van der Waals surface area (Å²) in [6, 6.07) is 0. The molecule has 0 aliphatic carbocycles. The molecule has 0 aromatic rings. The van der Waals surface area contributed by atoms with E-state index in [1.807, 2.05) is 13.8 Å². The van der Waals surface area contributed by atoms with E-state index in [1.54, 1.807) is 19.0 Å². The summed E-state index contributed by atoms with van der Waals surface area (Å²) in [4.78, 5) is 17.3. The number of ether oxygens (including phenoxy) is 1. The molecule has 0 aliphatic heterocycles. The molecular weight excluding hydrogens is 359 g/mol. The maximum Gasteiger partial charge on any atom is 0.223 e. The molecule has 0 fully saturated rings. The van der Waals surface area contributed by atoms with Crippen LogP contribution in [-0.2, 0) is 9.53 Å². The van der Waals surface area contributed by atoms with Gasteiger partial charge in [-0.15, -0.1) is 24.0 Å². The third-order valence-electron chi connectivity index (χ3n) is 2.18. The maximum atomic E-state index is 11.4. The number of hydrogen-bond acceptors (Lipinski definition) is 3. The first-order valence-electron chi connectivity index (χ1n) is 6.41. The number of nitrogens with zero attached hydrogens (tertiary/aromatic N) is 2. The summed E-state index contributed by atoms with van der Waals surface area (Å²) in [6.07, 6.45) is 0.461. The smallest absolute Gasteiger partial charge is 0.223 e. The number of halogens is 1. The minimum absolute atomic E-state index is 0. The number of aliphatic imine (C=N–C) groups is 1. The summed E-state index contributed by atoms with van der Waals surface area (Å²) in [6.45, 7) is 7.27. The van der Waals surface area contributed by atoms with Gasteiger partial charge in [0.15, 0.2) is 5.96 Å². The van der Waals surface area contributed by atoms with E-state index in [2.05, 4.69) is 15.6 Å². The molecule has 0 aromatic heterocycles. The van der Waals surface area contributed by atoms with Crippen LogP contribution in [0, 0.1) is 0 Å². The third-order valence-corrected chi connectivity index (χ3v) is 2.18. The fraction of sp³-hybridized carbons (Fsp3) is 0.833. The Bertz CT molecular complexity index is 260. The molecule has 0 saturated heterocycles. The second-order valence-electron chi connectivity index (χ2n) is 3.92. The molecule has 0 unspecified atom stereocenters. The van der Waals surface area contributed by atoms with E-state index in [9.17, 15) is 4.79 Å². The van der Waals surface area contributed by atoms with Gasteiger partial charge in [-0.2, -0.15) is 0 Å². The molecular formula is C12H27IN4O2. The van der Waals surface area contributed by atoms with Gasteiger partial charge >= 0.3 is 0 Å². The summed E-state index contributed by atoms with van der Waals surface area (Å²) in [7, 11) is 3.51. The van der Waals surface area contributed by atoms with E-state index in [1.165, 1.54) is 0 Å². The zero-order valence-electron chi connectivity index (χ0n) is 12.4. The summed E-state index contributed by atoms with van der Waals surface area (Å²) >= 11 is 0. The molecule has 0 aliphatic rings. The van der Waals surface area contributed by atoms with Crippen LogP contribution in [0.1, 0.15) is 20.3 Å². The molecule has 2 N–H and O–H groups in total. The van der Waals surface area contributed by atoms with Crippen LogP contribution in [0.15, 0.2) is 4.99 Å². The van der Waals surface area contributed by atoms with Crippen molar-refractivity contribution in [3.8, 4) is 0 Å². The average molecular weight is 386 g/mol. The minimum atomic E-state index is 0. The first kappa shape index (κ1) is 20.7. The summed E-state index contributed by atoms with van der Waals surface area (Å²) in [5.74, 6) is 0.830. The number of carbonyl (C=O) groups is 1. The van der Waals surface area contributed by atoms with Crippen LogP contribution in [-0.4, -0.2) is 63.7 Å². The maximum absolute atomic E-state index is 11.4. The number of carbonyl (C=O) groups excluding carboxylic acids is 1. The SMILES string of the molecule is CCNC(=NCCOCC)NCCC(=O)N(C)C.I. The van der Waals surface area contributed by atoms with Crippen LogP contribution >= 0.6 is 24.0 Å². The van der Waals surface area contributed by atoms with Crippen LogP contribution < -0.4 is 10.6 Å². The van der Waals surface area contributed by atoms with E-state index in [0.29, 0.717) is 32.7 Å². The second-order valence-corrected chi connectivity index (χ2v) is 3.92. The molecule has 0 rings (SSSR count). The van der Waals surface area contributed by atoms with Gasteiger partial charge in [0, 0.05) is 40.2 Å². The number of nitrogens with one attached hydrogen (secondary N) is 2. The van der Waals surface area contributed by atoms with Crippen molar-refractivity contribution in [3.05, 3.63) is 0 Å². The van der Waals surface area contributed by atoms with Crippen molar-refractivity contribution in [2.45, 2.75) is 20.3 Å². The Morgan fingerprint density at radius 2 is 1.95 bits per heavy atom. The van der Waals surface area contributed by atoms with Crippen LogP contribution in [0.4, 0.5) is 0 Å². The predicted molar refractivity (Wildman–Crippen MR) is 89.2 cm³/mol. The lowest BCUT2D eigenvalue weighted by Crippen LogP contribution is -2.39. The first-order chi connectivity index (χ1) is 8.61. The van der Waals surface area contributed by atoms with Gasteiger partial charge in [-0.05, 0) is 13.8 Å². The van der Waals surface area contributed by atoms with Crippen LogP contribution in [0.2, 0.25) is 0 Å². The van der Waals surface area contributed by atoms with Gasteiger partial charge in [0.05, 0.1) is 13.2 Å². The fourth-order valence-corrected chi connectivity index (χ4v) is 1.22. The van der Waals surface area contributed by atoms with Crippen molar-refractivity contribution < 1.29 is 9.53 Å². The number of hydrogen-bond donors (Lipinski definition) is 2. The fourth-order valence-electron chi connectivity index (χ4n) is 1.22. The summed E-state index contributed by atoms with van der Waals surface area (Å²) in [5.41, 5.74) is 0. The number of amides is 1. The Morgan fingerprint density at radius 3 is 2.47 bits per heavy atom. The normalized spacial score (nSPS) is 10.6. The Hall–Kier alpha value is -0.570. The van der Waals surface area contributed by atoms with Crippen LogP contribution in [0.5, 0.6) is 0 Å². The molecule has 6 nitrogen and oxygen atoms in total. The lowest BCUT2D eigenvalue weighted by molar-refractivity contribution is -0.128. The van der Waals surface area contributed by atoms with Gasteiger partial charge in [-0.3, -0.25) is 9.79 Å². The minimum Gasteiger partial charge on any atom is -0.380 e. The molecule has 0 spiro atoms. The summed E-state index contributed by atoms with van der Waals surface area (Å²) < 4.78 is 5.21. The van der Waals surface area contributed by atoms with Gasteiger partial charge in [0.25, 0.3) is 0 Å². The third kappa shape index (κ3) is 12.2. The quantitative estimate of drug-likeness (QED) is 0.279. The van der Waals surface area contributed by atoms with E-state index >= 15 is 0 Å². The van der Waals surface area contributed by atoms with E-state index < -0.39 is 0 Å². The molecule has 0 aromatic carbocycles. The Morgan fingerprint density at radius 1 is 1.26 bits per heavy atom. The monoisotopic (exact) mass is 386 g/mol. The van der Waals surface area contributed by atoms with Gasteiger partial charge in [-0.1, -0.05) is 0 Å². The number of rotatable bonds is 8. The predicted octanol–water partition coefficient (Wildman–Crippen LogP) is 0.674. The molecule has 19 heavy (non-hydrogen) atoms. The highest BCUT2D eigenvalue weighted by molar-refractivity contribution is 14.0. The lowest BCUT2D eigenvalue weighted by Gasteiger charge is -2.13. The van der Waals surface area contributed by atoms with Gasteiger partial charge in [0.2, 0.25) is 5.91 Å². The molecule has 1 amide bonds. The standard InChI is InChI=1S/C12H26N4O2.HI/c1-5-13-12(15-9-10-18-6-2)14-8-7-11(17)16(3)4;/h5-10H2,1-4H3,(H2,13,14,15);1H. The zero-order valence-corrected chi connectivity index (χ0v) is 14.7. The largest absolute Gasteiger partial charge is 0.380 e. The molecule has 0 atom stereocenters. The van der Waals surface area contributed by atoms with Crippen molar-refractivity contribution in [2.24, 2.45) is 4.99 Å². The Labute approximate surface area is 133 Å². The van der Waals surface area contributed by atoms with E-state index in [4.69, 9.17) is 4.74 Å². The van der Waals surface area contributed by atoms with Crippen molar-refractivity contribution in [1.29, 1.82) is 0 Å². The number of guanidine groups is 1. The van der Waals surface area contributed by atoms with Crippen molar-refractivity contribution in [2.75, 3.05) is 46.9 Å². The Balaban J connectivity index is 0. The Kier molecular flexibility index (Phi) is 15.1.